The second-order valence-corrected chi connectivity index (χ2v) is 4.77. The van der Waals surface area contributed by atoms with Crippen molar-refractivity contribution in [3.05, 3.63) is 0 Å². The molecule has 5 heteroatoms. The second-order valence-electron chi connectivity index (χ2n) is 4.77. The highest BCUT2D eigenvalue weighted by molar-refractivity contribution is 6.03. The molecule has 2 rings (SSSR count). The minimum atomic E-state index is -0.870. The Balaban J connectivity index is 2.46. The van der Waals surface area contributed by atoms with Crippen molar-refractivity contribution in [2.24, 2.45) is 17.3 Å². The van der Waals surface area contributed by atoms with Gasteiger partial charge in [-0.3, -0.25) is 14.9 Å². The molecular weight excluding hydrogens is 218 g/mol. The van der Waals surface area contributed by atoms with Crippen LogP contribution in [-0.2, 0) is 9.59 Å². The SMILES string of the molecule is N#C[C@@H]1C(=O)NC(=O)[C@@H](C#N)C12CCCCC2. The lowest BCUT2D eigenvalue weighted by molar-refractivity contribution is -0.146. The van der Waals surface area contributed by atoms with Crippen molar-refractivity contribution in [3.8, 4) is 12.1 Å². The van der Waals surface area contributed by atoms with Crippen LogP contribution in [0.1, 0.15) is 32.1 Å². The number of imide groups is 1. The summed E-state index contributed by atoms with van der Waals surface area (Å²) in [6, 6.07) is 3.97. The molecule has 17 heavy (non-hydrogen) atoms. The fourth-order valence-electron chi connectivity index (χ4n) is 3.12. The van der Waals surface area contributed by atoms with Crippen molar-refractivity contribution in [2.45, 2.75) is 32.1 Å². The number of carbonyl (C=O) groups is 2. The largest absolute Gasteiger partial charge is 0.294 e. The molecule has 0 aromatic heterocycles. The van der Waals surface area contributed by atoms with E-state index in [1.54, 1.807) is 0 Å². The summed E-state index contributed by atoms with van der Waals surface area (Å²) in [5.41, 5.74) is -0.749. The molecule has 0 unspecified atom stereocenters. The van der Waals surface area contributed by atoms with Crippen LogP contribution in [0, 0.1) is 39.9 Å². The van der Waals surface area contributed by atoms with Gasteiger partial charge in [0.2, 0.25) is 11.8 Å². The number of rotatable bonds is 0. The van der Waals surface area contributed by atoms with Crippen LogP contribution in [0.4, 0.5) is 0 Å². The van der Waals surface area contributed by atoms with Gasteiger partial charge in [-0.1, -0.05) is 19.3 Å². The Morgan fingerprint density at radius 1 is 1.00 bits per heavy atom. The minimum Gasteiger partial charge on any atom is -0.294 e. The first-order valence-corrected chi connectivity index (χ1v) is 5.79. The van der Waals surface area contributed by atoms with Crippen LogP contribution in [0.25, 0.3) is 0 Å². The molecule has 2 fully saturated rings. The van der Waals surface area contributed by atoms with Gasteiger partial charge < -0.3 is 0 Å². The molecule has 2 atom stereocenters. The lowest BCUT2D eigenvalue weighted by Crippen LogP contribution is -2.58. The number of nitrogens with zero attached hydrogens (tertiary/aromatic N) is 2. The molecule has 1 aliphatic carbocycles. The highest BCUT2D eigenvalue weighted by atomic mass is 16.2. The minimum absolute atomic E-state index is 0.536. The first kappa shape index (κ1) is 11.6. The molecule has 0 aromatic rings. The van der Waals surface area contributed by atoms with Crippen molar-refractivity contribution >= 4 is 11.8 Å². The highest BCUT2D eigenvalue weighted by Crippen LogP contribution is 2.50. The summed E-state index contributed by atoms with van der Waals surface area (Å²) >= 11 is 0. The summed E-state index contributed by atoms with van der Waals surface area (Å²) in [6.07, 6.45) is 4.01. The number of amides is 2. The van der Waals surface area contributed by atoms with Crippen molar-refractivity contribution in [1.29, 1.82) is 10.5 Å². The molecule has 5 nitrogen and oxygen atoms in total. The molecule has 1 aliphatic heterocycles. The van der Waals surface area contributed by atoms with Crippen molar-refractivity contribution in [2.75, 3.05) is 0 Å². The maximum atomic E-state index is 11.7. The quantitative estimate of drug-likeness (QED) is 0.626. The van der Waals surface area contributed by atoms with Gasteiger partial charge in [-0.05, 0) is 12.8 Å². The normalized spacial score (nSPS) is 31.4. The van der Waals surface area contributed by atoms with Gasteiger partial charge >= 0.3 is 0 Å². The van der Waals surface area contributed by atoms with E-state index in [9.17, 15) is 9.59 Å². The number of nitrogens with one attached hydrogen (secondary N) is 1. The number of hydrogen-bond acceptors (Lipinski definition) is 4. The van der Waals surface area contributed by atoms with Gasteiger partial charge in [-0.15, -0.1) is 0 Å². The van der Waals surface area contributed by atoms with Crippen LogP contribution >= 0.6 is 0 Å². The smallest absolute Gasteiger partial charge is 0.244 e. The van der Waals surface area contributed by atoms with E-state index in [0.29, 0.717) is 12.8 Å². The predicted octanol–water partition coefficient (Wildman–Crippen LogP) is 0.873. The zero-order valence-corrected chi connectivity index (χ0v) is 9.40. The first-order chi connectivity index (χ1) is 8.15. The van der Waals surface area contributed by atoms with Gasteiger partial charge in [0.1, 0.15) is 11.8 Å². The van der Waals surface area contributed by atoms with Crippen LogP contribution in [0.3, 0.4) is 0 Å². The van der Waals surface area contributed by atoms with Gasteiger partial charge in [-0.25, -0.2) is 0 Å². The van der Waals surface area contributed by atoms with Crippen LogP contribution < -0.4 is 5.32 Å². The Bertz CT molecular complexity index is 404. The van der Waals surface area contributed by atoms with E-state index in [-0.39, 0.29) is 0 Å². The monoisotopic (exact) mass is 231 g/mol. The van der Waals surface area contributed by atoms with Crippen molar-refractivity contribution < 1.29 is 9.59 Å². The van der Waals surface area contributed by atoms with E-state index in [0.717, 1.165) is 19.3 Å². The number of hydrogen-bond donors (Lipinski definition) is 1. The summed E-state index contributed by atoms with van der Waals surface area (Å²) in [5, 5.41) is 20.4. The van der Waals surface area contributed by atoms with Crippen LogP contribution in [0.5, 0.6) is 0 Å². The summed E-state index contributed by atoms with van der Waals surface area (Å²) in [4.78, 5) is 23.4. The molecule has 1 saturated heterocycles. The van der Waals surface area contributed by atoms with Crippen LogP contribution in [-0.4, -0.2) is 11.8 Å². The van der Waals surface area contributed by atoms with Gasteiger partial charge in [0.15, 0.2) is 0 Å². The summed E-state index contributed by atoms with van der Waals surface area (Å²) < 4.78 is 0. The van der Waals surface area contributed by atoms with Gasteiger partial charge in [0, 0.05) is 5.41 Å². The maximum absolute atomic E-state index is 11.7. The molecule has 88 valence electrons. The van der Waals surface area contributed by atoms with Crippen LogP contribution in [0.15, 0.2) is 0 Å². The lowest BCUT2D eigenvalue weighted by atomic mass is 9.57. The summed E-state index contributed by atoms with van der Waals surface area (Å²) in [5.74, 6) is -2.81. The molecular formula is C12H13N3O2. The number of nitriles is 2. The van der Waals surface area contributed by atoms with Gasteiger partial charge in [-0.2, -0.15) is 10.5 Å². The average Bonchev–Trinajstić information content (AvgIpc) is 2.30. The Morgan fingerprint density at radius 2 is 1.47 bits per heavy atom. The molecule has 2 aliphatic rings. The van der Waals surface area contributed by atoms with Crippen molar-refractivity contribution in [1.82, 2.24) is 5.32 Å². The molecule has 0 bridgehead atoms. The Hall–Kier alpha value is -1.88. The van der Waals surface area contributed by atoms with Crippen molar-refractivity contribution in [3.63, 3.8) is 0 Å². The van der Waals surface area contributed by atoms with Crippen LogP contribution in [0.2, 0.25) is 0 Å². The average molecular weight is 231 g/mol. The molecule has 2 amide bonds. The number of piperidine rings is 1. The Kier molecular flexibility index (Phi) is 2.85. The number of carbonyl (C=O) groups excluding carboxylic acids is 2. The second kappa shape index (κ2) is 4.18. The lowest BCUT2D eigenvalue weighted by Gasteiger charge is -2.44. The molecule has 1 heterocycles. The van der Waals surface area contributed by atoms with Gasteiger partial charge in [0.05, 0.1) is 12.1 Å². The summed E-state index contributed by atoms with van der Waals surface area (Å²) in [6.45, 7) is 0. The molecule has 0 radical (unpaired) electrons. The fourth-order valence-corrected chi connectivity index (χ4v) is 3.12. The van der Waals surface area contributed by atoms with E-state index in [4.69, 9.17) is 10.5 Å². The topological polar surface area (TPSA) is 93.8 Å². The van der Waals surface area contributed by atoms with E-state index in [1.165, 1.54) is 0 Å². The van der Waals surface area contributed by atoms with E-state index >= 15 is 0 Å². The summed E-state index contributed by atoms with van der Waals surface area (Å²) in [7, 11) is 0. The zero-order chi connectivity index (χ0) is 12.5. The first-order valence-electron chi connectivity index (χ1n) is 5.79. The fraction of sp³-hybridized carbons (Fsp3) is 0.667. The van der Waals surface area contributed by atoms with Gasteiger partial charge in [0.25, 0.3) is 0 Å². The predicted molar refractivity (Wildman–Crippen MR) is 56.9 cm³/mol. The third kappa shape index (κ3) is 1.59. The Morgan fingerprint density at radius 3 is 1.88 bits per heavy atom. The standard InChI is InChI=1S/C12H13N3O2/c13-6-8-10(16)15-11(17)9(7-14)12(8)4-2-1-3-5-12/h8-9H,1-5H2,(H,15,16,17)/t8-,9-/m1/s1. The molecule has 1 N–H and O–H groups in total. The molecule has 0 aromatic carbocycles. The molecule has 1 spiro atoms. The van der Waals surface area contributed by atoms with E-state index in [2.05, 4.69) is 5.32 Å². The zero-order valence-electron chi connectivity index (χ0n) is 9.40. The third-order valence-corrected chi connectivity index (χ3v) is 3.96. The third-order valence-electron chi connectivity index (χ3n) is 3.96. The van der Waals surface area contributed by atoms with E-state index in [1.807, 2.05) is 12.1 Å². The van der Waals surface area contributed by atoms with E-state index < -0.39 is 29.1 Å². The highest BCUT2D eigenvalue weighted by Gasteiger charge is 2.56. The Labute approximate surface area is 99.4 Å². The molecule has 1 saturated carbocycles. The maximum Gasteiger partial charge on any atom is 0.244 e.